The third-order valence-corrected chi connectivity index (χ3v) is 4.98. The molecule has 0 spiro atoms. The van der Waals surface area contributed by atoms with Crippen LogP contribution in [0.1, 0.15) is 18.4 Å². The molecular weight excluding hydrogens is 333 g/mol. The Labute approximate surface area is 149 Å². The van der Waals surface area contributed by atoms with E-state index in [9.17, 15) is 4.79 Å². The van der Waals surface area contributed by atoms with Gasteiger partial charge in [0.2, 0.25) is 5.91 Å². The van der Waals surface area contributed by atoms with Crippen LogP contribution in [0.5, 0.6) is 0 Å². The number of piperazine rings is 1. The predicted octanol–water partition coefficient (Wildman–Crippen LogP) is 2.20. The number of nitrogens with zero attached hydrogens (tertiary/aromatic N) is 2. The highest BCUT2D eigenvalue weighted by Gasteiger charge is 2.30. The monoisotopic (exact) mass is 357 g/mol. The van der Waals surface area contributed by atoms with Gasteiger partial charge in [-0.15, -0.1) is 12.4 Å². The van der Waals surface area contributed by atoms with Crippen molar-refractivity contribution in [2.24, 2.45) is 0 Å². The lowest BCUT2D eigenvalue weighted by atomic mass is 10.1. The highest BCUT2D eigenvalue weighted by atomic mass is 35.5. The van der Waals surface area contributed by atoms with Crippen molar-refractivity contribution in [1.82, 2.24) is 15.1 Å². The number of hydrogen-bond acceptors (Lipinski definition) is 3. The Morgan fingerprint density at radius 2 is 1.87 bits per heavy atom. The van der Waals surface area contributed by atoms with Gasteiger partial charge in [0.1, 0.15) is 0 Å². The van der Waals surface area contributed by atoms with Gasteiger partial charge in [0, 0.05) is 56.8 Å². The lowest BCUT2D eigenvalue weighted by Crippen LogP contribution is -2.49. The molecule has 3 rings (SSSR count). The molecule has 0 saturated carbocycles. The molecule has 128 valence electrons. The summed E-state index contributed by atoms with van der Waals surface area (Å²) in [6.07, 6.45) is 2.51. The van der Waals surface area contributed by atoms with E-state index in [2.05, 4.69) is 10.2 Å². The fourth-order valence-electron chi connectivity index (χ4n) is 3.37. The van der Waals surface area contributed by atoms with Gasteiger partial charge in [-0.25, -0.2) is 0 Å². The molecular formula is C17H25Cl2N3O. The van der Waals surface area contributed by atoms with Crippen LogP contribution in [-0.2, 0) is 11.2 Å². The van der Waals surface area contributed by atoms with Crippen molar-refractivity contribution in [3.05, 3.63) is 34.9 Å². The molecule has 0 aliphatic carbocycles. The maximum absolute atomic E-state index is 12.4. The summed E-state index contributed by atoms with van der Waals surface area (Å²) in [6, 6.07) is 8.34. The first kappa shape index (κ1) is 18.5. The third-order valence-electron chi connectivity index (χ3n) is 4.72. The molecule has 6 heteroatoms. The van der Waals surface area contributed by atoms with E-state index in [1.165, 1.54) is 5.56 Å². The SMILES string of the molecule is Cl.O=C(CCc1ccc(Cl)cc1)N1CCC(N2CCNCC2)C1. The fourth-order valence-corrected chi connectivity index (χ4v) is 3.50. The summed E-state index contributed by atoms with van der Waals surface area (Å²) in [6.45, 7) is 6.17. The van der Waals surface area contributed by atoms with Crippen LogP contribution < -0.4 is 5.32 Å². The summed E-state index contributed by atoms with van der Waals surface area (Å²) < 4.78 is 0. The minimum absolute atomic E-state index is 0. The summed E-state index contributed by atoms with van der Waals surface area (Å²) in [7, 11) is 0. The van der Waals surface area contributed by atoms with Crippen molar-refractivity contribution in [3.8, 4) is 0 Å². The molecule has 2 saturated heterocycles. The zero-order valence-electron chi connectivity index (χ0n) is 13.3. The van der Waals surface area contributed by atoms with Crippen LogP contribution in [0.3, 0.4) is 0 Å². The molecule has 2 fully saturated rings. The van der Waals surface area contributed by atoms with E-state index in [1.807, 2.05) is 29.2 Å². The van der Waals surface area contributed by atoms with Gasteiger partial charge in [0.05, 0.1) is 0 Å². The number of nitrogens with one attached hydrogen (secondary N) is 1. The number of benzene rings is 1. The number of hydrogen-bond donors (Lipinski definition) is 1. The van der Waals surface area contributed by atoms with E-state index >= 15 is 0 Å². The number of likely N-dealkylation sites (tertiary alicyclic amines) is 1. The number of halogens is 2. The zero-order valence-corrected chi connectivity index (χ0v) is 14.9. The number of carbonyl (C=O) groups is 1. The topological polar surface area (TPSA) is 35.6 Å². The van der Waals surface area contributed by atoms with Crippen LogP contribution in [0.25, 0.3) is 0 Å². The Kier molecular flexibility index (Phi) is 7.15. The summed E-state index contributed by atoms with van der Waals surface area (Å²) in [4.78, 5) is 17.0. The van der Waals surface area contributed by atoms with E-state index in [0.29, 0.717) is 12.5 Å². The molecule has 0 radical (unpaired) electrons. The predicted molar refractivity (Wildman–Crippen MR) is 96.4 cm³/mol. The van der Waals surface area contributed by atoms with Crippen molar-refractivity contribution in [2.75, 3.05) is 39.3 Å². The number of carbonyl (C=O) groups excluding carboxylic acids is 1. The molecule has 23 heavy (non-hydrogen) atoms. The van der Waals surface area contributed by atoms with Crippen LogP contribution in [0.15, 0.2) is 24.3 Å². The molecule has 1 amide bonds. The maximum atomic E-state index is 12.4. The number of aryl methyl sites for hydroxylation is 1. The normalized spacial score (nSPS) is 22.0. The second-order valence-electron chi connectivity index (χ2n) is 6.19. The van der Waals surface area contributed by atoms with Gasteiger partial charge in [0.15, 0.2) is 0 Å². The summed E-state index contributed by atoms with van der Waals surface area (Å²) in [5.74, 6) is 0.285. The number of rotatable bonds is 4. The molecule has 0 aromatic heterocycles. The van der Waals surface area contributed by atoms with Gasteiger partial charge in [0.25, 0.3) is 0 Å². The Morgan fingerprint density at radius 3 is 2.57 bits per heavy atom. The van der Waals surface area contributed by atoms with Gasteiger partial charge >= 0.3 is 0 Å². The van der Waals surface area contributed by atoms with Gasteiger partial charge in [-0.05, 0) is 30.5 Å². The van der Waals surface area contributed by atoms with Crippen molar-refractivity contribution in [3.63, 3.8) is 0 Å². The first-order valence-corrected chi connectivity index (χ1v) is 8.57. The first-order chi connectivity index (χ1) is 10.7. The molecule has 1 N–H and O–H groups in total. The standard InChI is InChI=1S/C17H24ClN3O.ClH/c18-15-4-1-14(2-5-15)3-6-17(22)21-10-7-16(13-21)20-11-8-19-9-12-20;/h1-2,4-5,16,19H,3,6-13H2;1H. The molecule has 1 atom stereocenters. The van der Waals surface area contributed by atoms with Gasteiger partial charge in [-0.1, -0.05) is 23.7 Å². The number of amides is 1. The van der Waals surface area contributed by atoms with Crippen LogP contribution in [0.2, 0.25) is 5.02 Å². The first-order valence-electron chi connectivity index (χ1n) is 8.19. The highest BCUT2D eigenvalue weighted by Crippen LogP contribution is 2.18. The van der Waals surface area contributed by atoms with Gasteiger partial charge < -0.3 is 10.2 Å². The Bertz CT molecular complexity index is 503. The average Bonchev–Trinajstić information content (AvgIpc) is 3.05. The third kappa shape index (κ3) is 5.08. The van der Waals surface area contributed by atoms with E-state index in [0.717, 1.165) is 57.1 Å². The minimum Gasteiger partial charge on any atom is -0.341 e. The van der Waals surface area contributed by atoms with Crippen molar-refractivity contribution in [2.45, 2.75) is 25.3 Å². The largest absolute Gasteiger partial charge is 0.341 e. The average molecular weight is 358 g/mol. The van der Waals surface area contributed by atoms with Crippen molar-refractivity contribution >= 4 is 29.9 Å². The Hall–Kier alpha value is -0.810. The van der Waals surface area contributed by atoms with Crippen LogP contribution >= 0.6 is 24.0 Å². The molecule has 1 aromatic rings. The molecule has 1 aromatic carbocycles. The van der Waals surface area contributed by atoms with Crippen molar-refractivity contribution in [1.29, 1.82) is 0 Å². The van der Waals surface area contributed by atoms with E-state index in [4.69, 9.17) is 11.6 Å². The molecule has 0 bridgehead atoms. The van der Waals surface area contributed by atoms with Crippen LogP contribution in [0, 0.1) is 0 Å². The maximum Gasteiger partial charge on any atom is 0.222 e. The van der Waals surface area contributed by atoms with E-state index in [-0.39, 0.29) is 18.3 Å². The second-order valence-corrected chi connectivity index (χ2v) is 6.63. The highest BCUT2D eigenvalue weighted by molar-refractivity contribution is 6.30. The zero-order chi connectivity index (χ0) is 15.4. The molecule has 2 heterocycles. The quantitative estimate of drug-likeness (QED) is 0.897. The minimum atomic E-state index is 0. The fraction of sp³-hybridized carbons (Fsp3) is 0.588. The second kappa shape index (κ2) is 8.88. The van der Waals surface area contributed by atoms with E-state index in [1.54, 1.807) is 0 Å². The Morgan fingerprint density at radius 1 is 1.17 bits per heavy atom. The summed E-state index contributed by atoms with van der Waals surface area (Å²) in [5, 5.41) is 4.13. The van der Waals surface area contributed by atoms with Gasteiger partial charge in [-0.3, -0.25) is 9.69 Å². The lowest BCUT2D eigenvalue weighted by molar-refractivity contribution is -0.130. The van der Waals surface area contributed by atoms with Crippen LogP contribution in [0.4, 0.5) is 0 Å². The molecule has 2 aliphatic heterocycles. The summed E-state index contributed by atoms with van der Waals surface area (Å²) in [5.41, 5.74) is 1.18. The summed E-state index contributed by atoms with van der Waals surface area (Å²) >= 11 is 5.88. The lowest BCUT2D eigenvalue weighted by Gasteiger charge is -2.32. The molecule has 2 aliphatic rings. The van der Waals surface area contributed by atoms with E-state index < -0.39 is 0 Å². The van der Waals surface area contributed by atoms with Gasteiger partial charge in [-0.2, -0.15) is 0 Å². The van der Waals surface area contributed by atoms with Crippen LogP contribution in [-0.4, -0.2) is 61.0 Å². The Balaban J connectivity index is 0.00000192. The molecule has 1 unspecified atom stereocenters. The van der Waals surface area contributed by atoms with Crippen molar-refractivity contribution < 1.29 is 4.79 Å². The molecule has 4 nitrogen and oxygen atoms in total. The smallest absolute Gasteiger partial charge is 0.222 e.